The van der Waals surface area contributed by atoms with Gasteiger partial charge >= 0.3 is 0 Å². The lowest BCUT2D eigenvalue weighted by molar-refractivity contribution is -0.125. The molecule has 9 nitrogen and oxygen atoms in total. The summed E-state index contributed by atoms with van der Waals surface area (Å²) in [6, 6.07) is 17.9. The number of rotatable bonds is 15. The van der Waals surface area contributed by atoms with Crippen molar-refractivity contribution in [1.29, 1.82) is 0 Å². The lowest BCUT2D eigenvalue weighted by Gasteiger charge is -2.20. The van der Waals surface area contributed by atoms with Gasteiger partial charge in [0.25, 0.3) is 0 Å². The fourth-order valence-corrected chi connectivity index (χ4v) is 5.54. The van der Waals surface area contributed by atoms with Crippen molar-refractivity contribution >= 4 is 45.2 Å². The van der Waals surface area contributed by atoms with Crippen LogP contribution in [0.2, 0.25) is 0 Å². The van der Waals surface area contributed by atoms with E-state index in [4.69, 9.17) is 0 Å². The first-order chi connectivity index (χ1) is 22.0. The van der Waals surface area contributed by atoms with Gasteiger partial charge in [-0.15, -0.1) is 0 Å². The van der Waals surface area contributed by atoms with Gasteiger partial charge in [-0.2, -0.15) is 0 Å². The fourth-order valence-electron chi connectivity index (χ4n) is 5.54. The number of fused-ring (bicyclic) bond motifs is 2. The third-order valence-electron chi connectivity index (χ3n) is 7.96. The van der Waals surface area contributed by atoms with Crippen molar-refractivity contribution < 1.29 is 19.2 Å². The third-order valence-corrected chi connectivity index (χ3v) is 7.96. The van der Waals surface area contributed by atoms with Crippen LogP contribution in [-0.2, 0) is 25.7 Å². The molecule has 232 valence electrons. The first-order valence-corrected chi connectivity index (χ1v) is 15.4. The molecule has 45 heavy (non-hydrogen) atoms. The Morgan fingerprint density at radius 3 is 1.67 bits per heavy atom. The smallest absolute Gasteiger partial charge is 0.237 e. The molecule has 0 aromatic heterocycles. The predicted octanol–water partition coefficient (Wildman–Crippen LogP) is 3.18. The molecule has 0 saturated carbocycles. The normalized spacial score (nSPS) is 14.7. The predicted molar refractivity (Wildman–Crippen MR) is 177 cm³/mol. The van der Waals surface area contributed by atoms with E-state index < -0.39 is 6.04 Å². The number of carbonyl (C=O) groups is 4. The minimum absolute atomic E-state index is 0.108. The zero-order valence-corrected chi connectivity index (χ0v) is 25.1. The van der Waals surface area contributed by atoms with Crippen LogP contribution >= 0.6 is 0 Å². The lowest BCUT2D eigenvalue weighted by Crippen LogP contribution is -2.47. The molecule has 0 bridgehead atoms. The molecule has 9 heteroatoms. The summed E-state index contributed by atoms with van der Waals surface area (Å²) in [4.78, 5) is 50.5. The van der Waals surface area contributed by atoms with E-state index in [0.29, 0.717) is 26.2 Å². The van der Waals surface area contributed by atoms with Crippen molar-refractivity contribution in [2.45, 2.75) is 25.4 Å². The maximum absolute atomic E-state index is 13.4. The van der Waals surface area contributed by atoms with Crippen LogP contribution in [0.4, 0.5) is 0 Å². The van der Waals surface area contributed by atoms with E-state index in [0.717, 1.165) is 27.1 Å². The Bertz CT molecular complexity index is 1600. The van der Waals surface area contributed by atoms with Gasteiger partial charge in [-0.25, -0.2) is 0 Å². The maximum atomic E-state index is 13.4. The number of amides is 4. The lowest BCUT2D eigenvalue weighted by atomic mass is 9.96. The molecule has 1 atom stereocenters. The van der Waals surface area contributed by atoms with E-state index in [-0.39, 0.29) is 54.9 Å². The van der Waals surface area contributed by atoms with E-state index in [1.54, 1.807) is 0 Å². The van der Waals surface area contributed by atoms with Crippen LogP contribution in [-0.4, -0.2) is 55.8 Å². The maximum Gasteiger partial charge on any atom is 0.237 e. The Morgan fingerprint density at radius 1 is 0.622 bits per heavy atom. The van der Waals surface area contributed by atoms with Crippen molar-refractivity contribution in [2.24, 2.45) is 11.8 Å². The summed E-state index contributed by atoms with van der Waals surface area (Å²) in [5.74, 6) is -1.22. The highest BCUT2D eigenvalue weighted by Gasteiger charge is 2.21. The number of carbonyl (C=O) groups excluding carboxylic acids is 4. The highest BCUT2D eigenvalue weighted by Crippen LogP contribution is 2.28. The second kappa shape index (κ2) is 15.6. The van der Waals surface area contributed by atoms with Gasteiger partial charge in [0.05, 0.1) is 17.9 Å². The molecule has 5 N–H and O–H groups in total. The van der Waals surface area contributed by atoms with Gasteiger partial charge in [-0.1, -0.05) is 97.1 Å². The Balaban J connectivity index is 1.18. The highest BCUT2D eigenvalue weighted by atomic mass is 16.2. The quantitative estimate of drug-likeness (QED) is 0.134. The van der Waals surface area contributed by atoms with Crippen LogP contribution in [0.5, 0.6) is 0 Å². The average Bonchev–Trinajstić information content (AvgIpc) is 3.80. The molecule has 0 unspecified atom stereocenters. The van der Waals surface area contributed by atoms with Crippen molar-refractivity contribution in [3.8, 4) is 0 Å². The molecule has 0 spiro atoms. The van der Waals surface area contributed by atoms with Crippen molar-refractivity contribution in [3.05, 3.63) is 109 Å². The highest BCUT2D eigenvalue weighted by molar-refractivity contribution is 6.02. The second-order valence-corrected chi connectivity index (χ2v) is 11.1. The summed E-state index contributed by atoms with van der Waals surface area (Å²) in [6.45, 7) is 1.59. The molecule has 3 aromatic carbocycles. The summed E-state index contributed by atoms with van der Waals surface area (Å²) < 4.78 is 0. The zero-order valence-electron chi connectivity index (χ0n) is 25.1. The molecule has 0 aliphatic heterocycles. The van der Waals surface area contributed by atoms with E-state index in [9.17, 15) is 19.2 Å². The van der Waals surface area contributed by atoms with Crippen LogP contribution in [0.3, 0.4) is 0 Å². The summed E-state index contributed by atoms with van der Waals surface area (Å²) in [6.07, 6.45) is 15.0. The fraction of sp³-hybridized carbons (Fsp3) is 0.278. The van der Waals surface area contributed by atoms with Crippen molar-refractivity contribution in [3.63, 3.8) is 0 Å². The minimum atomic E-state index is -0.648. The first kappa shape index (κ1) is 31.4. The number of benzene rings is 3. The topological polar surface area (TPSA) is 128 Å². The molecule has 0 fully saturated rings. The molecule has 2 aliphatic rings. The Kier molecular flexibility index (Phi) is 10.9. The van der Waals surface area contributed by atoms with Gasteiger partial charge in [-0.05, 0) is 39.6 Å². The number of hydrogen-bond donors (Lipinski definition) is 5. The van der Waals surface area contributed by atoms with Gasteiger partial charge in [-0.3, -0.25) is 19.2 Å². The SMILES string of the molecule is O=C(CC[C@@H](NCc1c2ccccc2cc2ccccc12)C(=O)NCCNC(=O)C1C=CC=C1)NCCNC(=O)C1C=CC=C1. The summed E-state index contributed by atoms with van der Waals surface area (Å²) >= 11 is 0. The van der Waals surface area contributed by atoms with E-state index in [1.165, 1.54) is 0 Å². The molecule has 0 radical (unpaired) electrons. The average molecular weight is 606 g/mol. The zero-order chi connectivity index (χ0) is 31.4. The Morgan fingerprint density at radius 2 is 1.11 bits per heavy atom. The van der Waals surface area contributed by atoms with Crippen molar-refractivity contribution in [2.75, 3.05) is 26.2 Å². The monoisotopic (exact) mass is 605 g/mol. The Labute approximate surface area is 262 Å². The van der Waals surface area contributed by atoms with Crippen LogP contribution in [0.15, 0.2) is 103 Å². The van der Waals surface area contributed by atoms with Gasteiger partial charge in [0.1, 0.15) is 0 Å². The summed E-state index contributed by atoms with van der Waals surface area (Å²) in [5.41, 5.74) is 1.08. The van der Waals surface area contributed by atoms with E-state index in [1.807, 2.05) is 72.9 Å². The molecule has 5 rings (SSSR count). The Hall–Kier alpha value is -5.02. The largest absolute Gasteiger partial charge is 0.354 e. The number of allylic oxidation sites excluding steroid dienone is 4. The van der Waals surface area contributed by atoms with Crippen LogP contribution in [0.25, 0.3) is 21.5 Å². The standard InChI is InChI=1S/C36H39N5O4/c42-33(37-19-20-38-34(43)25-9-1-2-10-25)18-17-32(36(45)40-22-21-39-35(44)26-11-3-4-12-26)41-24-31-29-15-7-5-13-27(29)23-28-14-6-8-16-30(28)31/h1-16,23,25-26,32,41H,17-22,24H2,(H,37,42)(H,38,43)(H,39,44)(H,40,45)/t32-/m1/s1. The summed E-state index contributed by atoms with van der Waals surface area (Å²) in [5, 5.41) is 19.2. The van der Waals surface area contributed by atoms with E-state index in [2.05, 4.69) is 56.9 Å². The van der Waals surface area contributed by atoms with Crippen LogP contribution in [0, 0.1) is 11.8 Å². The van der Waals surface area contributed by atoms with Gasteiger partial charge in [0, 0.05) is 39.1 Å². The molecule has 2 aliphatic carbocycles. The first-order valence-electron chi connectivity index (χ1n) is 15.4. The van der Waals surface area contributed by atoms with Crippen LogP contribution in [0.1, 0.15) is 18.4 Å². The summed E-state index contributed by atoms with van der Waals surface area (Å²) in [7, 11) is 0. The van der Waals surface area contributed by atoms with Crippen LogP contribution < -0.4 is 26.6 Å². The molecule has 4 amide bonds. The number of nitrogens with one attached hydrogen (secondary N) is 5. The molecule has 0 heterocycles. The molecular weight excluding hydrogens is 566 g/mol. The van der Waals surface area contributed by atoms with Crippen molar-refractivity contribution in [1.82, 2.24) is 26.6 Å². The molecule has 3 aromatic rings. The van der Waals surface area contributed by atoms with Gasteiger partial charge in [0.2, 0.25) is 23.6 Å². The minimum Gasteiger partial charge on any atom is -0.354 e. The molecule has 0 saturated heterocycles. The van der Waals surface area contributed by atoms with Gasteiger partial charge < -0.3 is 26.6 Å². The van der Waals surface area contributed by atoms with E-state index >= 15 is 0 Å². The molecular formula is C36H39N5O4. The second-order valence-electron chi connectivity index (χ2n) is 11.1. The number of hydrogen-bond acceptors (Lipinski definition) is 5. The third kappa shape index (κ3) is 8.55. The van der Waals surface area contributed by atoms with Gasteiger partial charge in [0.15, 0.2) is 0 Å².